The first-order valence-corrected chi connectivity index (χ1v) is 6.79. The normalized spacial score (nSPS) is 12.2. The van der Waals surface area contributed by atoms with E-state index in [1.165, 1.54) is 23.3 Å². The first-order chi connectivity index (χ1) is 9.47. The summed E-state index contributed by atoms with van der Waals surface area (Å²) in [6.07, 6.45) is 0. The molecule has 0 saturated heterocycles. The van der Waals surface area contributed by atoms with E-state index in [0.29, 0.717) is 0 Å². The highest BCUT2D eigenvalue weighted by molar-refractivity contribution is 5.55. The van der Waals surface area contributed by atoms with Crippen molar-refractivity contribution in [2.24, 2.45) is 5.73 Å². The lowest BCUT2D eigenvalue weighted by Crippen LogP contribution is -2.20. The first-order valence-electron chi connectivity index (χ1n) is 6.79. The largest absolute Gasteiger partial charge is 0.370 e. The number of rotatable bonds is 4. The Bertz CT molecular complexity index is 593. The number of nitrogens with zero attached hydrogens (tertiary/aromatic N) is 1. The molecule has 3 heteroatoms. The van der Waals surface area contributed by atoms with Gasteiger partial charge in [-0.15, -0.1) is 0 Å². The van der Waals surface area contributed by atoms with Gasteiger partial charge in [-0.3, -0.25) is 0 Å². The lowest BCUT2D eigenvalue weighted by Gasteiger charge is -2.24. The Morgan fingerprint density at radius 3 is 2.60 bits per heavy atom. The number of nitrogens with two attached hydrogens (primary N) is 1. The Hall–Kier alpha value is -1.87. The number of aryl methyl sites for hydroxylation is 1. The molecular weight excluding hydrogens is 251 g/mol. The molecule has 0 fully saturated rings. The average molecular weight is 272 g/mol. The monoisotopic (exact) mass is 272 g/mol. The van der Waals surface area contributed by atoms with E-state index in [0.717, 1.165) is 17.8 Å². The molecule has 20 heavy (non-hydrogen) atoms. The van der Waals surface area contributed by atoms with Crippen molar-refractivity contribution in [2.45, 2.75) is 26.4 Å². The van der Waals surface area contributed by atoms with Crippen molar-refractivity contribution in [3.05, 3.63) is 65.0 Å². The van der Waals surface area contributed by atoms with Crippen molar-refractivity contribution in [2.75, 3.05) is 11.9 Å². The number of benzene rings is 2. The number of anilines is 1. The minimum atomic E-state index is -0.245. The van der Waals surface area contributed by atoms with Crippen LogP contribution < -0.4 is 10.6 Å². The second-order valence-corrected chi connectivity index (χ2v) is 5.34. The maximum Gasteiger partial charge on any atom is 0.123 e. The smallest absolute Gasteiger partial charge is 0.123 e. The van der Waals surface area contributed by atoms with Gasteiger partial charge >= 0.3 is 0 Å². The van der Waals surface area contributed by atoms with Gasteiger partial charge in [0.25, 0.3) is 0 Å². The lowest BCUT2D eigenvalue weighted by molar-refractivity contribution is 0.622. The van der Waals surface area contributed by atoms with Gasteiger partial charge in [0, 0.05) is 25.3 Å². The molecule has 2 rings (SSSR count). The van der Waals surface area contributed by atoms with Crippen LogP contribution in [0.25, 0.3) is 0 Å². The van der Waals surface area contributed by atoms with Gasteiger partial charge in [-0.05, 0) is 43.2 Å². The Morgan fingerprint density at radius 1 is 1.20 bits per heavy atom. The molecule has 0 aliphatic rings. The van der Waals surface area contributed by atoms with Crippen LogP contribution >= 0.6 is 0 Å². The van der Waals surface area contributed by atoms with Crippen molar-refractivity contribution < 1.29 is 4.39 Å². The molecule has 106 valence electrons. The number of halogens is 1. The predicted molar refractivity (Wildman–Crippen MR) is 82.3 cm³/mol. The highest BCUT2D eigenvalue weighted by Gasteiger charge is 2.12. The maximum atomic E-state index is 13.4. The Balaban J connectivity index is 2.27. The molecule has 0 aromatic heterocycles. The molecule has 2 N–H and O–H groups in total. The summed E-state index contributed by atoms with van der Waals surface area (Å²) in [6, 6.07) is 13.0. The molecule has 2 aromatic carbocycles. The van der Waals surface area contributed by atoms with E-state index >= 15 is 0 Å². The average Bonchev–Trinajstić information content (AvgIpc) is 2.38. The van der Waals surface area contributed by atoms with Crippen LogP contribution in [0.3, 0.4) is 0 Å². The van der Waals surface area contributed by atoms with Gasteiger partial charge in [-0.2, -0.15) is 0 Å². The van der Waals surface area contributed by atoms with Gasteiger partial charge in [-0.1, -0.05) is 29.8 Å². The third kappa shape index (κ3) is 3.36. The highest BCUT2D eigenvalue weighted by atomic mass is 19.1. The summed E-state index contributed by atoms with van der Waals surface area (Å²) in [7, 11) is 2.00. The standard InChI is InChI=1S/C17H21FN2/c1-12-5-4-6-14(9-12)11-20(3)17-8-7-15(18)10-16(17)13(2)19/h4-10,13H,11,19H2,1-3H3/t13-/m0/s1. The van der Waals surface area contributed by atoms with Crippen LogP contribution in [0, 0.1) is 12.7 Å². The van der Waals surface area contributed by atoms with E-state index in [1.807, 2.05) is 14.0 Å². The molecule has 0 unspecified atom stereocenters. The molecule has 0 aliphatic heterocycles. The molecule has 0 heterocycles. The molecule has 2 nitrogen and oxygen atoms in total. The van der Waals surface area contributed by atoms with Crippen LogP contribution in [0.15, 0.2) is 42.5 Å². The van der Waals surface area contributed by atoms with E-state index in [9.17, 15) is 4.39 Å². The summed E-state index contributed by atoms with van der Waals surface area (Å²) in [5.41, 5.74) is 10.2. The molecule has 0 amide bonds. The first kappa shape index (κ1) is 14.5. The minimum absolute atomic E-state index is 0.194. The van der Waals surface area contributed by atoms with Crippen LogP contribution in [-0.4, -0.2) is 7.05 Å². The quantitative estimate of drug-likeness (QED) is 0.917. The third-order valence-electron chi connectivity index (χ3n) is 3.39. The molecular formula is C17H21FN2. The van der Waals surface area contributed by atoms with Crippen molar-refractivity contribution in [3.63, 3.8) is 0 Å². The highest BCUT2D eigenvalue weighted by Crippen LogP contribution is 2.26. The summed E-state index contributed by atoms with van der Waals surface area (Å²) >= 11 is 0. The topological polar surface area (TPSA) is 29.3 Å². The minimum Gasteiger partial charge on any atom is -0.370 e. The fraction of sp³-hybridized carbons (Fsp3) is 0.294. The number of hydrogen-bond acceptors (Lipinski definition) is 2. The molecule has 2 aromatic rings. The van der Waals surface area contributed by atoms with E-state index in [4.69, 9.17) is 5.73 Å². The molecule has 0 aliphatic carbocycles. The van der Waals surface area contributed by atoms with E-state index in [2.05, 4.69) is 36.1 Å². The van der Waals surface area contributed by atoms with Crippen molar-refractivity contribution >= 4 is 5.69 Å². The zero-order valence-corrected chi connectivity index (χ0v) is 12.2. The molecule has 0 bridgehead atoms. The van der Waals surface area contributed by atoms with Crippen molar-refractivity contribution in [3.8, 4) is 0 Å². The molecule has 0 radical (unpaired) electrons. The summed E-state index contributed by atoms with van der Waals surface area (Å²) in [4.78, 5) is 2.10. The zero-order chi connectivity index (χ0) is 14.7. The van der Waals surface area contributed by atoms with Gasteiger partial charge in [-0.25, -0.2) is 4.39 Å². The fourth-order valence-corrected chi connectivity index (χ4v) is 2.41. The molecule has 0 saturated carbocycles. The summed E-state index contributed by atoms with van der Waals surface area (Å²) in [6.45, 7) is 4.72. The van der Waals surface area contributed by atoms with Crippen LogP contribution in [0.2, 0.25) is 0 Å². The summed E-state index contributed by atoms with van der Waals surface area (Å²) in [5, 5.41) is 0. The van der Waals surface area contributed by atoms with Crippen LogP contribution in [-0.2, 0) is 6.54 Å². The Morgan fingerprint density at radius 2 is 1.95 bits per heavy atom. The predicted octanol–water partition coefficient (Wildman–Crippen LogP) is 3.79. The Labute approximate surface area is 120 Å². The summed E-state index contributed by atoms with van der Waals surface area (Å²) < 4.78 is 13.4. The van der Waals surface area contributed by atoms with Crippen molar-refractivity contribution in [1.29, 1.82) is 0 Å². The van der Waals surface area contributed by atoms with Crippen LogP contribution in [0.1, 0.15) is 29.7 Å². The second kappa shape index (κ2) is 6.06. The summed E-state index contributed by atoms with van der Waals surface area (Å²) in [5.74, 6) is -0.245. The van der Waals surface area contributed by atoms with Gasteiger partial charge < -0.3 is 10.6 Å². The van der Waals surface area contributed by atoms with Gasteiger partial charge in [0.2, 0.25) is 0 Å². The lowest BCUT2D eigenvalue weighted by atomic mass is 10.0. The van der Waals surface area contributed by atoms with Crippen LogP contribution in [0.5, 0.6) is 0 Å². The van der Waals surface area contributed by atoms with Crippen LogP contribution in [0.4, 0.5) is 10.1 Å². The van der Waals surface area contributed by atoms with E-state index < -0.39 is 0 Å². The maximum absolute atomic E-state index is 13.4. The SMILES string of the molecule is Cc1cccc(CN(C)c2ccc(F)cc2[C@H](C)N)c1. The van der Waals surface area contributed by atoms with E-state index in [-0.39, 0.29) is 11.9 Å². The second-order valence-electron chi connectivity index (χ2n) is 5.34. The molecule has 1 atom stereocenters. The number of hydrogen-bond donors (Lipinski definition) is 1. The van der Waals surface area contributed by atoms with Gasteiger partial charge in [0.15, 0.2) is 0 Å². The zero-order valence-electron chi connectivity index (χ0n) is 12.2. The Kier molecular flexibility index (Phi) is 4.40. The third-order valence-corrected chi connectivity index (χ3v) is 3.39. The fourth-order valence-electron chi connectivity index (χ4n) is 2.41. The van der Waals surface area contributed by atoms with Gasteiger partial charge in [0.1, 0.15) is 5.82 Å². The van der Waals surface area contributed by atoms with Gasteiger partial charge in [0.05, 0.1) is 0 Å². The van der Waals surface area contributed by atoms with Crippen molar-refractivity contribution in [1.82, 2.24) is 0 Å². The molecule has 0 spiro atoms. The van der Waals surface area contributed by atoms with E-state index in [1.54, 1.807) is 6.07 Å².